The first-order valence-electron chi connectivity index (χ1n) is 6.91. The van der Waals surface area contributed by atoms with Gasteiger partial charge in [-0.2, -0.15) is 0 Å². The van der Waals surface area contributed by atoms with Crippen LogP contribution in [0.4, 0.5) is 0 Å². The normalized spacial score (nSPS) is 18.7. The fraction of sp³-hybridized carbons (Fsp3) is 0.600. The van der Waals surface area contributed by atoms with Gasteiger partial charge in [-0.1, -0.05) is 18.2 Å². The van der Waals surface area contributed by atoms with Gasteiger partial charge in [0, 0.05) is 25.7 Å². The Kier molecular flexibility index (Phi) is 3.17. The average Bonchev–Trinajstić information content (AvgIpc) is 3.07. The van der Waals surface area contributed by atoms with Gasteiger partial charge in [0.1, 0.15) is 0 Å². The molecule has 0 saturated heterocycles. The number of nitrogens with zero attached hydrogens (tertiary/aromatic N) is 1. The number of rotatable bonds is 5. The van der Waals surface area contributed by atoms with Gasteiger partial charge in [-0.15, -0.1) is 0 Å². The molecule has 0 bridgehead atoms. The Morgan fingerprint density at radius 2 is 2.00 bits per heavy atom. The molecule has 92 valence electrons. The van der Waals surface area contributed by atoms with E-state index in [1.807, 2.05) is 0 Å². The predicted molar refractivity (Wildman–Crippen MR) is 71.0 cm³/mol. The van der Waals surface area contributed by atoms with Crippen LogP contribution in [-0.2, 0) is 19.4 Å². The van der Waals surface area contributed by atoms with Gasteiger partial charge in [0.05, 0.1) is 0 Å². The summed E-state index contributed by atoms with van der Waals surface area (Å²) >= 11 is 0. The Labute approximate surface area is 104 Å². The largest absolute Gasteiger partial charge is 0.329 e. The summed E-state index contributed by atoms with van der Waals surface area (Å²) in [6, 6.07) is 7.89. The van der Waals surface area contributed by atoms with Gasteiger partial charge < -0.3 is 5.73 Å². The molecule has 1 fully saturated rings. The Hall–Kier alpha value is -0.860. The van der Waals surface area contributed by atoms with Crippen LogP contribution >= 0.6 is 0 Å². The molecule has 0 heterocycles. The molecule has 2 aliphatic rings. The molecule has 17 heavy (non-hydrogen) atoms. The minimum Gasteiger partial charge on any atom is -0.329 e. The van der Waals surface area contributed by atoms with Crippen molar-refractivity contribution in [3.05, 3.63) is 34.9 Å². The van der Waals surface area contributed by atoms with Gasteiger partial charge in [-0.25, -0.2) is 0 Å². The summed E-state index contributed by atoms with van der Waals surface area (Å²) in [6.07, 6.45) is 6.64. The number of aryl methyl sites for hydroxylation is 2. The zero-order chi connectivity index (χ0) is 11.7. The van der Waals surface area contributed by atoms with Crippen LogP contribution in [0, 0.1) is 0 Å². The van der Waals surface area contributed by atoms with Crippen LogP contribution < -0.4 is 5.73 Å². The third kappa shape index (κ3) is 2.53. The number of hydrogen-bond donors (Lipinski definition) is 1. The van der Waals surface area contributed by atoms with E-state index in [-0.39, 0.29) is 0 Å². The lowest BCUT2D eigenvalue weighted by molar-refractivity contribution is 0.262. The third-order valence-corrected chi connectivity index (χ3v) is 4.03. The highest BCUT2D eigenvalue weighted by atomic mass is 15.2. The number of fused-ring (bicyclic) bond motifs is 1. The van der Waals surface area contributed by atoms with E-state index in [4.69, 9.17) is 5.73 Å². The average molecular weight is 230 g/mol. The molecule has 0 spiro atoms. The van der Waals surface area contributed by atoms with Crippen molar-refractivity contribution in [3.63, 3.8) is 0 Å². The minimum atomic E-state index is 0.779. The van der Waals surface area contributed by atoms with Crippen molar-refractivity contribution in [2.45, 2.75) is 44.7 Å². The lowest BCUT2D eigenvalue weighted by Gasteiger charge is -2.21. The summed E-state index contributed by atoms with van der Waals surface area (Å²) in [5.74, 6) is 0. The molecule has 0 amide bonds. The molecule has 0 unspecified atom stereocenters. The molecule has 2 aliphatic carbocycles. The van der Waals surface area contributed by atoms with Crippen LogP contribution in [0.15, 0.2) is 18.2 Å². The predicted octanol–water partition coefficient (Wildman–Crippen LogP) is 2.10. The highest BCUT2D eigenvalue weighted by Crippen LogP contribution is 2.29. The summed E-state index contributed by atoms with van der Waals surface area (Å²) < 4.78 is 0. The molecule has 0 aliphatic heterocycles. The topological polar surface area (TPSA) is 29.3 Å². The smallest absolute Gasteiger partial charge is 0.0237 e. The second kappa shape index (κ2) is 4.79. The van der Waals surface area contributed by atoms with Gasteiger partial charge in [-0.3, -0.25) is 4.90 Å². The first-order chi connectivity index (χ1) is 8.36. The zero-order valence-electron chi connectivity index (χ0n) is 10.5. The Morgan fingerprint density at radius 1 is 1.18 bits per heavy atom. The number of hydrogen-bond acceptors (Lipinski definition) is 2. The molecule has 0 radical (unpaired) electrons. The quantitative estimate of drug-likeness (QED) is 0.839. The van der Waals surface area contributed by atoms with E-state index >= 15 is 0 Å². The SMILES string of the molecule is NCCN(Cc1ccc2c(c1)CCC2)C1CC1. The van der Waals surface area contributed by atoms with Crippen molar-refractivity contribution in [1.82, 2.24) is 4.90 Å². The van der Waals surface area contributed by atoms with Gasteiger partial charge in [0.25, 0.3) is 0 Å². The van der Waals surface area contributed by atoms with Gasteiger partial charge in [0.15, 0.2) is 0 Å². The minimum absolute atomic E-state index is 0.779. The second-order valence-corrected chi connectivity index (χ2v) is 5.45. The van der Waals surface area contributed by atoms with Gasteiger partial charge in [-0.05, 0) is 48.8 Å². The zero-order valence-corrected chi connectivity index (χ0v) is 10.5. The Morgan fingerprint density at radius 3 is 2.76 bits per heavy atom. The van der Waals surface area contributed by atoms with Crippen LogP contribution in [0.1, 0.15) is 36.0 Å². The monoisotopic (exact) mass is 230 g/mol. The fourth-order valence-corrected chi connectivity index (χ4v) is 2.95. The third-order valence-electron chi connectivity index (χ3n) is 4.03. The molecule has 0 atom stereocenters. The van der Waals surface area contributed by atoms with E-state index in [1.165, 1.54) is 37.7 Å². The molecular weight excluding hydrogens is 208 g/mol. The van der Waals surface area contributed by atoms with Crippen LogP contribution in [0.3, 0.4) is 0 Å². The molecule has 1 saturated carbocycles. The van der Waals surface area contributed by atoms with E-state index in [2.05, 4.69) is 23.1 Å². The highest BCUT2D eigenvalue weighted by Gasteiger charge is 2.28. The van der Waals surface area contributed by atoms with Crippen molar-refractivity contribution in [2.24, 2.45) is 5.73 Å². The molecule has 2 N–H and O–H groups in total. The molecule has 2 nitrogen and oxygen atoms in total. The van der Waals surface area contributed by atoms with E-state index in [9.17, 15) is 0 Å². The van der Waals surface area contributed by atoms with Crippen molar-refractivity contribution in [2.75, 3.05) is 13.1 Å². The fourth-order valence-electron chi connectivity index (χ4n) is 2.95. The first kappa shape index (κ1) is 11.2. The maximum atomic E-state index is 5.70. The molecule has 1 aromatic carbocycles. The van der Waals surface area contributed by atoms with E-state index in [0.717, 1.165) is 25.7 Å². The van der Waals surface area contributed by atoms with E-state index in [0.29, 0.717) is 0 Å². The van der Waals surface area contributed by atoms with Crippen molar-refractivity contribution >= 4 is 0 Å². The lowest BCUT2D eigenvalue weighted by Crippen LogP contribution is -2.31. The van der Waals surface area contributed by atoms with Gasteiger partial charge >= 0.3 is 0 Å². The van der Waals surface area contributed by atoms with Crippen LogP contribution in [0.25, 0.3) is 0 Å². The Bertz CT molecular complexity index is 396. The lowest BCUT2D eigenvalue weighted by atomic mass is 10.1. The number of benzene rings is 1. The first-order valence-corrected chi connectivity index (χ1v) is 6.91. The summed E-state index contributed by atoms with van der Waals surface area (Å²) in [7, 11) is 0. The molecule has 3 rings (SSSR count). The van der Waals surface area contributed by atoms with Crippen LogP contribution in [0.5, 0.6) is 0 Å². The van der Waals surface area contributed by atoms with E-state index < -0.39 is 0 Å². The summed E-state index contributed by atoms with van der Waals surface area (Å²) in [5, 5.41) is 0. The molecular formula is C15H22N2. The van der Waals surface area contributed by atoms with Crippen LogP contribution in [0.2, 0.25) is 0 Å². The van der Waals surface area contributed by atoms with Gasteiger partial charge in [0.2, 0.25) is 0 Å². The summed E-state index contributed by atoms with van der Waals surface area (Å²) in [6.45, 7) is 2.92. The van der Waals surface area contributed by atoms with Crippen molar-refractivity contribution in [1.29, 1.82) is 0 Å². The number of nitrogens with two attached hydrogens (primary N) is 1. The molecule has 1 aromatic rings. The molecule has 0 aromatic heterocycles. The molecule has 2 heteroatoms. The summed E-state index contributed by atoms with van der Waals surface area (Å²) in [4.78, 5) is 2.55. The second-order valence-electron chi connectivity index (χ2n) is 5.45. The van der Waals surface area contributed by atoms with Crippen molar-refractivity contribution in [3.8, 4) is 0 Å². The Balaban J connectivity index is 1.70. The van der Waals surface area contributed by atoms with E-state index in [1.54, 1.807) is 11.1 Å². The van der Waals surface area contributed by atoms with Crippen LogP contribution in [-0.4, -0.2) is 24.0 Å². The van der Waals surface area contributed by atoms with Crippen molar-refractivity contribution < 1.29 is 0 Å². The summed E-state index contributed by atoms with van der Waals surface area (Å²) in [5.41, 5.74) is 10.3. The standard InChI is InChI=1S/C15H22N2/c16-8-9-17(15-6-7-15)11-12-4-5-13-2-1-3-14(13)10-12/h4-5,10,15H,1-3,6-9,11,16H2. The maximum absolute atomic E-state index is 5.70. The highest BCUT2D eigenvalue weighted by molar-refractivity contribution is 5.35. The maximum Gasteiger partial charge on any atom is 0.0237 e.